The maximum atomic E-state index is 11.6. The lowest BCUT2D eigenvalue weighted by molar-refractivity contribution is 0.0696. The Bertz CT molecular complexity index is 1260. The minimum atomic E-state index is -0.915. The number of hydrogen-bond acceptors (Lipinski definition) is 3. The van der Waals surface area contributed by atoms with Gasteiger partial charge in [-0.3, -0.25) is 0 Å². The van der Waals surface area contributed by atoms with E-state index in [0.717, 1.165) is 77.9 Å². The zero-order valence-corrected chi connectivity index (χ0v) is 20.1. The van der Waals surface area contributed by atoms with Gasteiger partial charge in [0.25, 0.3) is 0 Å². The highest BCUT2D eigenvalue weighted by Crippen LogP contribution is 2.42. The lowest BCUT2D eigenvalue weighted by atomic mass is 9.87. The Hall–Kier alpha value is -2.79. The molecule has 4 nitrogen and oxygen atoms in total. The molecule has 0 saturated carbocycles. The predicted molar refractivity (Wildman–Crippen MR) is 137 cm³/mol. The van der Waals surface area contributed by atoms with E-state index in [4.69, 9.17) is 27.9 Å². The second-order valence-electron chi connectivity index (χ2n) is 8.77. The summed E-state index contributed by atoms with van der Waals surface area (Å²) in [5.41, 5.74) is 6.59. The van der Waals surface area contributed by atoms with Gasteiger partial charge >= 0.3 is 5.97 Å². The van der Waals surface area contributed by atoms with Gasteiger partial charge in [0.05, 0.1) is 5.56 Å². The first-order chi connectivity index (χ1) is 16.5. The van der Waals surface area contributed by atoms with Crippen molar-refractivity contribution >= 4 is 40.3 Å². The summed E-state index contributed by atoms with van der Waals surface area (Å²) in [6, 6.07) is 19.2. The van der Waals surface area contributed by atoms with Gasteiger partial charge in [0.15, 0.2) is 0 Å². The Morgan fingerprint density at radius 1 is 0.971 bits per heavy atom. The van der Waals surface area contributed by atoms with Gasteiger partial charge in [-0.05, 0) is 102 Å². The predicted octanol–water partition coefficient (Wildman–Crippen LogP) is 6.73. The number of rotatable bonds is 5. The number of hydrogen-bond donors (Lipinski definition) is 2. The molecule has 0 amide bonds. The molecule has 3 aromatic rings. The molecule has 3 aromatic carbocycles. The number of aromatic carboxylic acids is 1. The maximum absolute atomic E-state index is 11.6. The van der Waals surface area contributed by atoms with E-state index >= 15 is 0 Å². The van der Waals surface area contributed by atoms with Crippen LogP contribution in [0.5, 0.6) is 5.75 Å². The Morgan fingerprint density at radius 3 is 2.47 bits per heavy atom. The van der Waals surface area contributed by atoms with E-state index in [9.17, 15) is 9.90 Å². The molecule has 34 heavy (non-hydrogen) atoms. The van der Waals surface area contributed by atoms with Crippen molar-refractivity contribution < 1.29 is 14.6 Å². The summed E-state index contributed by atoms with van der Waals surface area (Å²) in [5, 5.41) is 14.0. The lowest BCUT2D eigenvalue weighted by Crippen LogP contribution is -2.19. The molecule has 1 fully saturated rings. The van der Waals surface area contributed by atoms with Crippen molar-refractivity contribution in [1.82, 2.24) is 5.32 Å². The minimum Gasteiger partial charge on any atom is -0.489 e. The zero-order valence-electron chi connectivity index (χ0n) is 18.6. The monoisotopic (exact) mass is 493 g/mol. The number of aryl methyl sites for hydroxylation is 1. The highest BCUT2D eigenvalue weighted by Gasteiger charge is 2.23. The van der Waals surface area contributed by atoms with Gasteiger partial charge in [0, 0.05) is 16.6 Å². The van der Waals surface area contributed by atoms with Crippen LogP contribution in [0.2, 0.25) is 10.0 Å². The van der Waals surface area contributed by atoms with Crippen LogP contribution in [0.4, 0.5) is 0 Å². The molecular formula is C28H25Cl2NO3. The molecule has 1 atom stereocenters. The van der Waals surface area contributed by atoms with Gasteiger partial charge in [-0.1, -0.05) is 47.5 Å². The molecule has 1 aliphatic carbocycles. The van der Waals surface area contributed by atoms with Crippen molar-refractivity contribution in [3.63, 3.8) is 0 Å². The molecule has 1 heterocycles. The van der Waals surface area contributed by atoms with Crippen LogP contribution in [0.3, 0.4) is 0 Å². The lowest BCUT2D eigenvalue weighted by Gasteiger charge is -2.19. The van der Waals surface area contributed by atoms with Crippen molar-refractivity contribution in [3.05, 3.63) is 98.5 Å². The Labute approximate surface area is 209 Å². The molecule has 1 unspecified atom stereocenters. The smallest absolute Gasteiger partial charge is 0.335 e. The number of allylic oxidation sites excluding steroid dienone is 1. The number of ether oxygens (including phenoxy) is 1. The maximum Gasteiger partial charge on any atom is 0.335 e. The number of carbonyl (C=O) groups is 1. The molecule has 174 valence electrons. The third-order valence-corrected chi connectivity index (χ3v) is 7.06. The van der Waals surface area contributed by atoms with Gasteiger partial charge in [-0.2, -0.15) is 0 Å². The minimum absolute atomic E-state index is 0.196. The quantitative estimate of drug-likeness (QED) is 0.413. The van der Waals surface area contributed by atoms with Gasteiger partial charge in [-0.15, -0.1) is 0 Å². The summed E-state index contributed by atoms with van der Waals surface area (Å²) in [7, 11) is 0. The zero-order chi connectivity index (χ0) is 23.7. The van der Waals surface area contributed by atoms with E-state index in [1.54, 1.807) is 18.2 Å². The highest BCUT2D eigenvalue weighted by atomic mass is 35.5. The van der Waals surface area contributed by atoms with Crippen LogP contribution in [-0.2, 0) is 6.42 Å². The summed E-state index contributed by atoms with van der Waals surface area (Å²) in [4.78, 5) is 11.6. The number of benzene rings is 3. The van der Waals surface area contributed by atoms with Crippen LogP contribution < -0.4 is 10.1 Å². The molecule has 0 radical (unpaired) electrons. The Balaban J connectivity index is 1.64. The van der Waals surface area contributed by atoms with Crippen molar-refractivity contribution in [2.24, 2.45) is 0 Å². The number of carboxylic acid groups (broad SMARTS) is 1. The summed E-state index contributed by atoms with van der Waals surface area (Å²) in [6.45, 7) is 1.85. The molecule has 5 rings (SSSR count). The first-order valence-electron chi connectivity index (χ1n) is 11.5. The average molecular weight is 494 g/mol. The van der Waals surface area contributed by atoms with Gasteiger partial charge in [0.2, 0.25) is 0 Å². The number of nitrogens with one attached hydrogen (secondary N) is 1. The van der Waals surface area contributed by atoms with Crippen LogP contribution in [0.25, 0.3) is 11.1 Å². The third-order valence-electron chi connectivity index (χ3n) is 6.51. The van der Waals surface area contributed by atoms with E-state index in [2.05, 4.69) is 17.4 Å². The fourth-order valence-corrected chi connectivity index (χ4v) is 5.40. The number of fused-ring (bicyclic) bond motifs is 1. The largest absolute Gasteiger partial charge is 0.489 e. The standard InChI is InChI=1S/C28H25Cl2NO3/c29-20-7-11-24(26(30)15-20)25-3-1-2-18-14-19(28(32)33)6-10-23(18)27(25)17-4-8-21(9-5-17)34-22-12-13-31-16-22/h4-11,14-15,22,31H,1-3,12-13,16H2,(H,32,33). The Morgan fingerprint density at radius 2 is 1.76 bits per heavy atom. The van der Waals surface area contributed by atoms with Crippen molar-refractivity contribution in [1.29, 1.82) is 0 Å². The van der Waals surface area contributed by atoms with Crippen LogP contribution in [-0.4, -0.2) is 30.3 Å². The average Bonchev–Trinajstić information content (AvgIpc) is 3.25. The molecule has 2 aliphatic rings. The molecule has 0 spiro atoms. The van der Waals surface area contributed by atoms with Crippen LogP contribution in [0, 0.1) is 0 Å². The second-order valence-corrected chi connectivity index (χ2v) is 9.61. The van der Waals surface area contributed by atoms with E-state index in [-0.39, 0.29) is 6.10 Å². The summed E-state index contributed by atoms with van der Waals surface area (Å²) in [6.07, 6.45) is 3.71. The van der Waals surface area contributed by atoms with E-state index in [0.29, 0.717) is 15.6 Å². The molecule has 2 N–H and O–H groups in total. The molecule has 0 bridgehead atoms. The fraction of sp³-hybridized carbons (Fsp3) is 0.250. The molecular weight excluding hydrogens is 469 g/mol. The van der Waals surface area contributed by atoms with E-state index in [1.807, 2.05) is 30.3 Å². The van der Waals surface area contributed by atoms with Crippen LogP contribution in [0.15, 0.2) is 60.7 Å². The topological polar surface area (TPSA) is 58.6 Å². The SMILES string of the molecule is O=C(O)c1ccc2c(c1)CCCC(c1ccc(Cl)cc1Cl)=C2c1ccc(OC2CCNC2)cc1. The molecule has 0 aromatic heterocycles. The van der Waals surface area contributed by atoms with Crippen LogP contribution in [0.1, 0.15) is 51.9 Å². The molecule has 6 heteroatoms. The van der Waals surface area contributed by atoms with Gasteiger partial charge in [-0.25, -0.2) is 4.79 Å². The van der Waals surface area contributed by atoms with E-state index in [1.165, 1.54) is 0 Å². The van der Waals surface area contributed by atoms with Crippen molar-refractivity contribution in [3.8, 4) is 5.75 Å². The fourth-order valence-electron chi connectivity index (χ4n) is 4.88. The summed E-state index contributed by atoms with van der Waals surface area (Å²) < 4.78 is 6.12. The van der Waals surface area contributed by atoms with Gasteiger partial charge < -0.3 is 15.2 Å². The van der Waals surface area contributed by atoms with Crippen LogP contribution >= 0.6 is 23.2 Å². The second kappa shape index (κ2) is 9.83. The summed E-state index contributed by atoms with van der Waals surface area (Å²) in [5.74, 6) is -0.0688. The number of carboxylic acids is 1. The Kier molecular flexibility index (Phi) is 6.64. The van der Waals surface area contributed by atoms with Crippen molar-refractivity contribution in [2.45, 2.75) is 31.8 Å². The summed E-state index contributed by atoms with van der Waals surface area (Å²) >= 11 is 12.8. The first kappa shape index (κ1) is 23.0. The highest BCUT2D eigenvalue weighted by molar-refractivity contribution is 6.36. The normalized spacial score (nSPS) is 17.9. The first-order valence-corrected chi connectivity index (χ1v) is 12.3. The van der Waals surface area contributed by atoms with Crippen molar-refractivity contribution in [2.75, 3.05) is 13.1 Å². The van der Waals surface area contributed by atoms with E-state index < -0.39 is 5.97 Å². The number of halogens is 2. The molecule has 1 aliphatic heterocycles. The third kappa shape index (κ3) is 4.72. The molecule has 1 saturated heterocycles. The van der Waals surface area contributed by atoms with Gasteiger partial charge in [0.1, 0.15) is 11.9 Å².